The molecule has 1 N–H and O–H groups in total. The smallest absolute Gasteiger partial charge is 0.332 e. The summed E-state index contributed by atoms with van der Waals surface area (Å²) in [5, 5.41) is 24.5. The van der Waals surface area contributed by atoms with Gasteiger partial charge in [-0.05, 0) is 12.8 Å². The molecular weight excluding hydrogens is 258 g/mol. The van der Waals surface area contributed by atoms with Crippen LogP contribution in [-0.2, 0) is 19.2 Å². The molecule has 1 atom stereocenters. The summed E-state index contributed by atoms with van der Waals surface area (Å²) in [5.74, 6) is -1.86. The number of ether oxygens (including phenoxy) is 1. The molecule has 0 aliphatic carbocycles. The summed E-state index contributed by atoms with van der Waals surface area (Å²) in [6.07, 6.45) is 0.972. The highest BCUT2D eigenvalue weighted by Crippen LogP contribution is 2.17. The fraction of sp³-hybridized carbons (Fsp3) is 0.800. The molecule has 1 saturated heterocycles. The van der Waals surface area contributed by atoms with Crippen LogP contribution in [0.1, 0.15) is 26.7 Å². The molecule has 1 aliphatic heterocycles. The van der Waals surface area contributed by atoms with Crippen LogP contribution in [0.3, 0.4) is 0 Å². The summed E-state index contributed by atoms with van der Waals surface area (Å²) in [5.41, 5.74) is 0. The van der Waals surface area contributed by atoms with Gasteiger partial charge in [0.25, 0.3) is 6.79 Å². The van der Waals surface area contributed by atoms with Crippen molar-refractivity contribution >= 4 is 11.9 Å². The van der Waals surface area contributed by atoms with E-state index in [0.717, 1.165) is 5.01 Å². The first-order chi connectivity index (χ1) is 8.93. The van der Waals surface area contributed by atoms with Crippen LogP contribution in [0.25, 0.3) is 0 Å². The summed E-state index contributed by atoms with van der Waals surface area (Å²) < 4.78 is 4.64. The van der Waals surface area contributed by atoms with Gasteiger partial charge in [0.1, 0.15) is 0 Å². The van der Waals surface area contributed by atoms with Crippen LogP contribution < -0.4 is 0 Å². The van der Waals surface area contributed by atoms with Gasteiger partial charge in [0.05, 0.1) is 17.4 Å². The average molecular weight is 275 g/mol. The van der Waals surface area contributed by atoms with E-state index in [1.807, 2.05) is 0 Å². The second-order valence-electron chi connectivity index (χ2n) is 4.36. The number of hydrogen-bond donors (Lipinski definition) is 1. The van der Waals surface area contributed by atoms with Gasteiger partial charge in [0.2, 0.25) is 5.28 Å². The molecule has 0 saturated carbocycles. The number of hydrazine groups is 1. The molecule has 0 radical (unpaired) electrons. The molecule has 0 spiro atoms. The van der Waals surface area contributed by atoms with E-state index in [1.54, 1.807) is 13.8 Å². The Kier molecular flexibility index (Phi) is 5.34. The van der Waals surface area contributed by atoms with E-state index in [4.69, 9.17) is 5.11 Å². The van der Waals surface area contributed by atoms with E-state index in [1.165, 1.54) is 0 Å². The van der Waals surface area contributed by atoms with Crippen molar-refractivity contribution in [2.75, 3.05) is 13.3 Å². The van der Waals surface area contributed by atoms with Gasteiger partial charge in [0.15, 0.2) is 6.04 Å². The van der Waals surface area contributed by atoms with Gasteiger partial charge < -0.3 is 19.9 Å². The molecule has 108 valence electrons. The van der Waals surface area contributed by atoms with E-state index < -0.39 is 24.8 Å². The van der Waals surface area contributed by atoms with Gasteiger partial charge in [-0.3, -0.25) is 4.79 Å². The number of carboxylic acid groups (broad SMARTS) is 1. The topological polar surface area (TPSA) is 114 Å². The Labute approximate surface area is 109 Å². The fourth-order valence-corrected chi connectivity index (χ4v) is 1.58. The first-order valence-corrected chi connectivity index (χ1v) is 5.89. The van der Waals surface area contributed by atoms with E-state index in [-0.39, 0.29) is 10.9 Å². The summed E-state index contributed by atoms with van der Waals surface area (Å²) in [4.78, 5) is 26.5. The predicted molar refractivity (Wildman–Crippen MR) is 60.3 cm³/mol. The number of carboxylic acids is 1. The van der Waals surface area contributed by atoms with Gasteiger partial charge in [0, 0.05) is 0 Å². The van der Waals surface area contributed by atoms with Crippen LogP contribution >= 0.6 is 0 Å². The van der Waals surface area contributed by atoms with Crippen LogP contribution in [0.4, 0.5) is 0 Å². The third kappa shape index (κ3) is 4.27. The molecule has 1 rings (SSSR count). The van der Waals surface area contributed by atoms with Gasteiger partial charge >= 0.3 is 11.9 Å². The molecule has 9 heteroatoms. The lowest BCUT2D eigenvalue weighted by Gasteiger charge is -2.16. The molecule has 1 heterocycles. The lowest BCUT2D eigenvalue weighted by Crippen LogP contribution is -2.40. The SMILES string of the molecule is CC(C)C(=O)OCON=[N+]([O-])N1CCC[C@H]1C(=O)O. The third-order valence-electron chi connectivity index (χ3n) is 2.58. The number of esters is 1. The molecule has 0 amide bonds. The minimum atomic E-state index is -1.08. The van der Waals surface area contributed by atoms with E-state index in [0.29, 0.717) is 19.4 Å². The first kappa shape index (κ1) is 15.0. The van der Waals surface area contributed by atoms with Crippen LogP contribution in [0.2, 0.25) is 0 Å². The summed E-state index contributed by atoms with van der Waals surface area (Å²) in [6.45, 7) is 3.11. The quantitative estimate of drug-likeness (QED) is 0.187. The summed E-state index contributed by atoms with van der Waals surface area (Å²) in [7, 11) is 0. The van der Waals surface area contributed by atoms with Crippen LogP contribution in [0.5, 0.6) is 0 Å². The molecule has 0 aromatic rings. The van der Waals surface area contributed by atoms with E-state index >= 15 is 0 Å². The maximum Gasteiger partial charge on any atom is 0.332 e. The highest BCUT2D eigenvalue weighted by Gasteiger charge is 2.36. The third-order valence-corrected chi connectivity index (χ3v) is 2.58. The Bertz CT molecular complexity index is 370. The van der Waals surface area contributed by atoms with Crippen molar-refractivity contribution in [2.24, 2.45) is 11.2 Å². The number of nitrogens with zero attached hydrogens (tertiary/aromatic N) is 3. The Balaban J connectivity index is 2.40. The monoisotopic (exact) mass is 275 g/mol. The van der Waals surface area contributed by atoms with Crippen LogP contribution in [0, 0.1) is 11.1 Å². The largest absolute Gasteiger partial charge is 0.569 e. The highest BCUT2D eigenvalue weighted by atomic mass is 16.8. The van der Waals surface area contributed by atoms with E-state index in [2.05, 4.69) is 14.9 Å². The predicted octanol–water partition coefficient (Wildman–Crippen LogP) is 0.501. The number of hydrogen-bond acceptors (Lipinski definition) is 6. The van der Waals surface area contributed by atoms with Gasteiger partial charge in [-0.2, -0.15) is 0 Å². The molecule has 9 nitrogen and oxygen atoms in total. The van der Waals surface area contributed by atoms with Crippen molar-refractivity contribution in [3.63, 3.8) is 0 Å². The molecule has 0 aromatic carbocycles. The lowest BCUT2D eigenvalue weighted by atomic mass is 10.2. The Morgan fingerprint density at radius 1 is 1.58 bits per heavy atom. The van der Waals surface area contributed by atoms with Crippen molar-refractivity contribution in [3.05, 3.63) is 5.21 Å². The van der Waals surface area contributed by atoms with Crippen molar-refractivity contribution in [3.8, 4) is 0 Å². The normalized spacial score (nSPS) is 19.6. The van der Waals surface area contributed by atoms with Crippen molar-refractivity contribution in [1.29, 1.82) is 0 Å². The molecule has 1 fully saturated rings. The van der Waals surface area contributed by atoms with Gasteiger partial charge in [-0.15, -0.1) is 5.01 Å². The lowest BCUT2D eigenvalue weighted by molar-refractivity contribution is -0.712. The minimum absolute atomic E-state index is 0.0784. The second-order valence-corrected chi connectivity index (χ2v) is 4.36. The molecular formula is C10H17N3O6. The minimum Gasteiger partial charge on any atom is -0.569 e. The molecule has 0 bridgehead atoms. The fourth-order valence-electron chi connectivity index (χ4n) is 1.58. The standard InChI is InChI=1S/C10H17N3O6/c1-7(2)10(16)18-6-19-11-13(17)12-5-3-4-8(12)9(14)15/h7-8H,3-6H2,1-2H3,(H,14,15)/t8-/m0/s1. The number of carbonyl (C=O) groups excluding carboxylic acids is 1. The second kappa shape index (κ2) is 6.76. The maximum absolute atomic E-state index is 11.5. The Morgan fingerprint density at radius 2 is 2.26 bits per heavy atom. The van der Waals surface area contributed by atoms with Crippen molar-refractivity contribution < 1.29 is 29.2 Å². The van der Waals surface area contributed by atoms with Crippen LogP contribution in [0.15, 0.2) is 5.28 Å². The Hall–Kier alpha value is -2.06. The van der Waals surface area contributed by atoms with Gasteiger partial charge in [-0.1, -0.05) is 13.8 Å². The number of aliphatic carboxylic acids is 1. The molecule has 0 unspecified atom stereocenters. The van der Waals surface area contributed by atoms with Gasteiger partial charge in [-0.25, -0.2) is 4.79 Å². The zero-order valence-corrected chi connectivity index (χ0v) is 10.8. The number of rotatable bonds is 6. The van der Waals surface area contributed by atoms with Crippen molar-refractivity contribution in [1.82, 2.24) is 5.01 Å². The summed E-state index contributed by atoms with van der Waals surface area (Å²) in [6, 6.07) is -0.900. The Morgan fingerprint density at radius 3 is 2.84 bits per heavy atom. The number of carbonyl (C=O) groups is 2. The van der Waals surface area contributed by atoms with Crippen molar-refractivity contribution in [2.45, 2.75) is 32.7 Å². The summed E-state index contributed by atoms with van der Waals surface area (Å²) >= 11 is 0. The van der Waals surface area contributed by atoms with E-state index in [9.17, 15) is 14.8 Å². The average Bonchev–Trinajstić information content (AvgIpc) is 2.83. The molecule has 19 heavy (non-hydrogen) atoms. The molecule has 0 aromatic heterocycles. The zero-order valence-electron chi connectivity index (χ0n) is 10.8. The highest BCUT2D eigenvalue weighted by molar-refractivity contribution is 5.73. The first-order valence-electron chi connectivity index (χ1n) is 5.89. The zero-order chi connectivity index (χ0) is 14.4. The maximum atomic E-state index is 11.5. The van der Waals surface area contributed by atoms with Crippen LogP contribution in [-0.4, -0.2) is 46.4 Å². The molecule has 1 aliphatic rings.